The van der Waals surface area contributed by atoms with E-state index in [4.69, 9.17) is 0 Å². The Morgan fingerprint density at radius 1 is 1.12 bits per heavy atom. The molecule has 1 fully saturated rings. The molecule has 1 aliphatic rings. The van der Waals surface area contributed by atoms with Crippen molar-refractivity contribution in [3.63, 3.8) is 0 Å². The fourth-order valence-electron chi connectivity index (χ4n) is 4.00. The molecule has 4 rings (SSSR count). The molecule has 1 unspecified atom stereocenters. The van der Waals surface area contributed by atoms with Crippen molar-refractivity contribution in [2.24, 2.45) is 5.92 Å². The van der Waals surface area contributed by atoms with E-state index in [-0.39, 0.29) is 23.5 Å². The molecule has 0 spiro atoms. The summed E-state index contributed by atoms with van der Waals surface area (Å²) in [5, 5.41) is 2.70. The van der Waals surface area contributed by atoms with E-state index in [2.05, 4.69) is 29.1 Å². The smallest absolute Gasteiger partial charge is 0.364 e. The minimum atomic E-state index is -4.47. The van der Waals surface area contributed by atoms with Crippen molar-refractivity contribution >= 4 is 17.4 Å². The van der Waals surface area contributed by atoms with Crippen LogP contribution in [0.3, 0.4) is 0 Å². The lowest BCUT2D eigenvalue weighted by Gasteiger charge is -2.17. The van der Waals surface area contributed by atoms with Gasteiger partial charge < -0.3 is 10.2 Å². The van der Waals surface area contributed by atoms with Gasteiger partial charge in [0.15, 0.2) is 0 Å². The number of halogens is 3. The first-order valence-corrected chi connectivity index (χ1v) is 10.8. The number of alkyl halides is 3. The predicted octanol–water partition coefficient (Wildman–Crippen LogP) is 5.96. The van der Waals surface area contributed by atoms with Crippen molar-refractivity contribution in [3.05, 3.63) is 71.7 Å². The molecule has 0 radical (unpaired) electrons. The molecule has 3 heterocycles. The normalized spacial score (nSPS) is 15.6. The second kappa shape index (κ2) is 8.84. The van der Waals surface area contributed by atoms with Crippen LogP contribution >= 0.6 is 0 Å². The zero-order valence-electron chi connectivity index (χ0n) is 18.6. The number of aromatic nitrogens is 2. The molecule has 1 aromatic carbocycles. The maximum absolute atomic E-state index is 13.9. The maximum Gasteiger partial charge on any atom is 0.418 e. The SMILES string of the molecule is Cc1ncccc1C(=O)Nc1cc(-c2ccc(N3CC3CC(C)C)c(C(F)(F)F)c2)ccn1. The van der Waals surface area contributed by atoms with E-state index < -0.39 is 11.7 Å². The predicted molar refractivity (Wildman–Crippen MR) is 122 cm³/mol. The molecule has 1 amide bonds. The molecule has 2 aromatic heterocycles. The molecule has 0 bridgehead atoms. The van der Waals surface area contributed by atoms with Gasteiger partial charge in [-0.15, -0.1) is 0 Å². The number of nitrogens with zero attached hydrogens (tertiary/aromatic N) is 3. The number of hydrogen-bond acceptors (Lipinski definition) is 4. The van der Waals surface area contributed by atoms with Crippen LogP contribution in [0.4, 0.5) is 24.7 Å². The van der Waals surface area contributed by atoms with Gasteiger partial charge in [0.2, 0.25) is 0 Å². The van der Waals surface area contributed by atoms with Gasteiger partial charge in [-0.05, 0) is 66.8 Å². The summed E-state index contributed by atoms with van der Waals surface area (Å²) in [6, 6.07) is 11.0. The summed E-state index contributed by atoms with van der Waals surface area (Å²) in [5.41, 5.74) is 1.48. The third kappa shape index (κ3) is 5.16. The third-order valence-corrected chi connectivity index (χ3v) is 5.66. The van der Waals surface area contributed by atoms with Gasteiger partial charge in [-0.1, -0.05) is 19.9 Å². The number of pyridine rings is 2. The molecule has 3 aromatic rings. The first-order valence-electron chi connectivity index (χ1n) is 10.8. The van der Waals surface area contributed by atoms with Crippen LogP contribution in [0.5, 0.6) is 0 Å². The van der Waals surface area contributed by atoms with E-state index in [0.29, 0.717) is 34.8 Å². The molecule has 1 saturated heterocycles. The summed E-state index contributed by atoms with van der Waals surface area (Å²) in [5.74, 6) is 0.296. The van der Waals surface area contributed by atoms with Crippen molar-refractivity contribution in [2.45, 2.75) is 39.4 Å². The number of benzene rings is 1. The Morgan fingerprint density at radius 3 is 2.58 bits per heavy atom. The van der Waals surface area contributed by atoms with E-state index in [1.54, 1.807) is 48.4 Å². The Hall–Kier alpha value is -3.42. The van der Waals surface area contributed by atoms with Gasteiger partial charge in [0, 0.05) is 36.4 Å². The van der Waals surface area contributed by atoms with Crippen LogP contribution < -0.4 is 10.2 Å². The molecule has 0 saturated carbocycles. The van der Waals surface area contributed by atoms with Crippen LogP contribution in [0.2, 0.25) is 0 Å². The average Bonchev–Trinajstić information content (AvgIpc) is 3.51. The first-order chi connectivity index (χ1) is 15.6. The largest absolute Gasteiger partial charge is 0.418 e. The van der Waals surface area contributed by atoms with Crippen LogP contribution in [-0.2, 0) is 6.18 Å². The fraction of sp³-hybridized carbons (Fsp3) is 0.320. The highest BCUT2D eigenvalue weighted by molar-refractivity contribution is 6.04. The second-order valence-electron chi connectivity index (χ2n) is 8.69. The van der Waals surface area contributed by atoms with Gasteiger partial charge in [0.1, 0.15) is 5.82 Å². The number of hydrogen-bond donors (Lipinski definition) is 1. The zero-order chi connectivity index (χ0) is 23.8. The Balaban J connectivity index is 1.60. The van der Waals surface area contributed by atoms with Crippen LogP contribution in [0.15, 0.2) is 54.9 Å². The van der Waals surface area contributed by atoms with E-state index in [1.165, 1.54) is 18.3 Å². The van der Waals surface area contributed by atoms with E-state index in [0.717, 1.165) is 6.42 Å². The maximum atomic E-state index is 13.9. The summed E-state index contributed by atoms with van der Waals surface area (Å²) in [7, 11) is 0. The zero-order valence-corrected chi connectivity index (χ0v) is 18.6. The highest BCUT2D eigenvalue weighted by Gasteiger charge is 2.42. The fourth-order valence-corrected chi connectivity index (χ4v) is 4.00. The lowest BCUT2D eigenvalue weighted by Crippen LogP contribution is -2.15. The molecule has 1 N–H and O–H groups in total. The minimum absolute atomic E-state index is 0.149. The summed E-state index contributed by atoms with van der Waals surface area (Å²) in [6.07, 6.45) is -0.553. The molecule has 1 atom stereocenters. The Morgan fingerprint density at radius 2 is 1.88 bits per heavy atom. The van der Waals surface area contributed by atoms with Gasteiger partial charge in [-0.3, -0.25) is 9.78 Å². The number of aryl methyl sites for hydroxylation is 1. The molecular weight excluding hydrogens is 429 g/mol. The Bertz CT molecular complexity index is 1180. The van der Waals surface area contributed by atoms with Crippen molar-refractivity contribution in [1.29, 1.82) is 0 Å². The van der Waals surface area contributed by atoms with E-state index in [9.17, 15) is 18.0 Å². The molecular formula is C25H25F3N4O. The van der Waals surface area contributed by atoms with Crippen molar-refractivity contribution in [3.8, 4) is 11.1 Å². The topological polar surface area (TPSA) is 57.9 Å². The molecule has 0 aliphatic carbocycles. The number of amides is 1. The number of rotatable bonds is 6. The lowest BCUT2D eigenvalue weighted by atomic mass is 10.0. The monoisotopic (exact) mass is 454 g/mol. The molecule has 172 valence electrons. The molecule has 1 aliphatic heterocycles. The number of nitrogens with one attached hydrogen (secondary N) is 1. The van der Waals surface area contributed by atoms with Gasteiger partial charge in [0.25, 0.3) is 5.91 Å². The quantitative estimate of drug-likeness (QED) is 0.467. The number of carbonyl (C=O) groups excluding carboxylic acids is 1. The lowest BCUT2D eigenvalue weighted by molar-refractivity contribution is -0.137. The third-order valence-electron chi connectivity index (χ3n) is 5.66. The first kappa shape index (κ1) is 22.8. The number of carbonyl (C=O) groups is 1. The second-order valence-corrected chi connectivity index (χ2v) is 8.69. The van der Waals surface area contributed by atoms with E-state index >= 15 is 0 Å². The standard InChI is InChI=1S/C25H25F3N4O/c1-15(2)11-19-14-32(19)22-7-6-17(12-21(22)25(26,27)28)18-8-10-30-23(13-18)31-24(33)20-5-4-9-29-16(20)3/h4-10,12-13,15,19H,11,14H2,1-3H3,(H,30,31,33). The summed E-state index contributed by atoms with van der Waals surface area (Å²) in [4.78, 5) is 22.6. The molecule has 33 heavy (non-hydrogen) atoms. The van der Waals surface area contributed by atoms with Crippen LogP contribution in [0.25, 0.3) is 11.1 Å². The summed E-state index contributed by atoms with van der Waals surface area (Å²) >= 11 is 0. The summed E-state index contributed by atoms with van der Waals surface area (Å²) < 4.78 is 41.7. The van der Waals surface area contributed by atoms with Crippen molar-refractivity contribution < 1.29 is 18.0 Å². The van der Waals surface area contributed by atoms with Crippen LogP contribution in [0.1, 0.15) is 41.9 Å². The molecule has 8 heteroatoms. The highest BCUT2D eigenvalue weighted by Crippen LogP contribution is 2.43. The molecule has 5 nitrogen and oxygen atoms in total. The summed E-state index contributed by atoms with van der Waals surface area (Å²) in [6.45, 7) is 6.50. The van der Waals surface area contributed by atoms with Gasteiger partial charge in [-0.25, -0.2) is 4.98 Å². The van der Waals surface area contributed by atoms with E-state index in [1.807, 2.05) is 0 Å². The Labute approximate surface area is 190 Å². The van der Waals surface area contributed by atoms with Crippen LogP contribution in [0, 0.1) is 12.8 Å². The van der Waals surface area contributed by atoms with Gasteiger partial charge >= 0.3 is 6.18 Å². The van der Waals surface area contributed by atoms with Crippen LogP contribution in [-0.4, -0.2) is 28.5 Å². The van der Waals surface area contributed by atoms with Crippen molar-refractivity contribution in [1.82, 2.24) is 9.97 Å². The minimum Gasteiger partial charge on any atom is -0.364 e. The average molecular weight is 454 g/mol. The number of anilines is 2. The Kier molecular flexibility index (Phi) is 6.10. The highest BCUT2D eigenvalue weighted by atomic mass is 19.4. The van der Waals surface area contributed by atoms with Gasteiger partial charge in [0.05, 0.1) is 11.1 Å². The van der Waals surface area contributed by atoms with Gasteiger partial charge in [-0.2, -0.15) is 13.2 Å². The van der Waals surface area contributed by atoms with Crippen molar-refractivity contribution in [2.75, 3.05) is 16.8 Å².